The third-order valence-corrected chi connectivity index (χ3v) is 2.58. The third-order valence-electron chi connectivity index (χ3n) is 1.92. The molecule has 0 saturated carbocycles. The summed E-state index contributed by atoms with van der Waals surface area (Å²) >= 11 is 1.32. The van der Waals surface area contributed by atoms with Crippen molar-refractivity contribution in [2.45, 2.75) is 25.7 Å². The normalized spacial score (nSPS) is 15.9. The molecule has 1 nitrogen and oxygen atoms in total. The second-order valence-corrected chi connectivity index (χ2v) is 3.70. The largest absolute Gasteiger partial charge is 0.287 e. The standard InChI is InChI=1S/C10H14OS/c1-12-10(11)8-7-9-5-3-2-4-6-9/h3,5-6H,2,4,7-8H2,1H3. The molecule has 0 spiro atoms. The Kier molecular flexibility index (Phi) is 4.15. The van der Waals surface area contributed by atoms with Gasteiger partial charge in [-0.05, 0) is 25.5 Å². The Morgan fingerprint density at radius 2 is 2.42 bits per heavy atom. The zero-order chi connectivity index (χ0) is 8.81. The summed E-state index contributed by atoms with van der Waals surface area (Å²) in [6.07, 6.45) is 12.3. The van der Waals surface area contributed by atoms with Crippen LogP contribution in [0.15, 0.2) is 23.8 Å². The second kappa shape index (κ2) is 5.20. The summed E-state index contributed by atoms with van der Waals surface area (Å²) in [6.45, 7) is 0. The van der Waals surface area contributed by atoms with Gasteiger partial charge in [0.25, 0.3) is 0 Å². The summed E-state index contributed by atoms with van der Waals surface area (Å²) in [5.41, 5.74) is 1.32. The molecule has 0 aliphatic heterocycles. The molecule has 1 aliphatic carbocycles. The molecule has 0 aromatic heterocycles. The van der Waals surface area contributed by atoms with Crippen molar-refractivity contribution in [2.24, 2.45) is 0 Å². The van der Waals surface area contributed by atoms with E-state index in [2.05, 4.69) is 18.2 Å². The van der Waals surface area contributed by atoms with E-state index in [1.165, 1.54) is 17.3 Å². The van der Waals surface area contributed by atoms with E-state index in [9.17, 15) is 4.79 Å². The van der Waals surface area contributed by atoms with Crippen LogP contribution in [0.3, 0.4) is 0 Å². The first-order chi connectivity index (χ1) is 5.83. The van der Waals surface area contributed by atoms with Gasteiger partial charge in [-0.1, -0.05) is 35.6 Å². The molecule has 0 saturated heterocycles. The maximum absolute atomic E-state index is 11.0. The van der Waals surface area contributed by atoms with Gasteiger partial charge < -0.3 is 0 Å². The van der Waals surface area contributed by atoms with Crippen molar-refractivity contribution < 1.29 is 4.79 Å². The highest BCUT2D eigenvalue weighted by Crippen LogP contribution is 2.16. The van der Waals surface area contributed by atoms with Gasteiger partial charge in [-0.2, -0.15) is 0 Å². The van der Waals surface area contributed by atoms with E-state index in [0.29, 0.717) is 6.42 Å². The molecule has 66 valence electrons. The Morgan fingerprint density at radius 3 is 3.00 bits per heavy atom. The van der Waals surface area contributed by atoms with Gasteiger partial charge in [-0.15, -0.1) is 0 Å². The first-order valence-electron chi connectivity index (χ1n) is 4.25. The van der Waals surface area contributed by atoms with Crippen LogP contribution in [0.1, 0.15) is 25.7 Å². The molecule has 0 amide bonds. The van der Waals surface area contributed by atoms with Crippen LogP contribution in [-0.2, 0) is 4.79 Å². The lowest BCUT2D eigenvalue weighted by Crippen LogP contribution is -1.92. The van der Waals surface area contributed by atoms with Gasteiger partial charge in [-0.3, -0.25) is 4.79 Å². The predicted octanol–water partition coefficient (Wildman–Crippen LogP) is 2.93. The molecular formula is C10H14OS. The smallest absolute Gasteiger partial charge is 0.189 e. The maximum Gasteiger partial charge on any atom is 0.189 e. The molecule has 2 heteroatoms. The van der Waals surface area contributed by atoms with E-state index >= 15 is 0 Å². The molecule has 0 fully saturated rings. The van der Waals surface area contributed by atoms with Crippen LogP contribution in [0, 0.1) is 0 Å². The Morgan fingerprint density at radius 1 is 1.58 bits per heavy atom. The Bertz CT molecular complexity index is 216. The van der Waals surface area contributed by atoms with Crippen molar-refractivity contribution in [1.82, 2.24) is 0 Å². The van der Waals surface area contributed by atoms with Gasteiger partial charge in [-0.25, -0.2) is 0 Å². The average molecular weight is 182 g/mol. The Labute approximate surface area is 77.9 Å². The number of carbonyl (C=O) groups excluding carboxylic acids is 1. The summed E-state index contributed by atoms with van der Waals surface area (Å²) in [5.74, 6) is 0. The fourth-order valence-electron chi connectivity index (χ4n) is 1.20. The van der Waals surface area contributed by atoms with Crippen LogP contribution in [-0.4, -0.2) is 11.4 Å². The van der Waals surface area contributed by atoms with Crippen LogP contribution in [0.5, 0.6) is 0 Å². The minimum atomic E-state index is 0.287. The van der Waals surface area contributed by atoms with Crippen molar-refractivity contribution in [3.8, 4) is 0 Å². The van der Waals surface area contributed by atoms with Gasteiger partial charge in [0.2, 0.25) is 0 Å². The highest BCUT2D eigenvalue weighted by atomic mass is 32.2. The molecule has 0 atom stereocenters. The van der Waals surface area contributed by atoms with Crippen molar-refractivity contribution in [3.05, 3.63) is 23.8 Å². The molecule has 1 rings (SSSR count). The lowest BCUT2D eigenvalue weighted by atomic mass is 10.0. The minimum Gasteiger partial charge on any atom is -0.287 e. The molecular weight excluding hydrogens is 168 g/mol. The predicted molar refractivity (Wildman–Crippen MR) is 54.2 cm³/mol. The van der Waals surface area contributed by atoms with E-state index < -0.39 is 0 Å². The summed E-state index contributed by atoms with van der Waals surface area (Å²) in [7, 11) is 0. The highest BCUT2D eigenvalue weighted by molar-refractivity contribution is 8.13. The molecule has 0 aromatic rings. The second-order valence-electron chi connectivity index (χ2n) is 2.83. The molecule has 12 heavy (non-hydrogen) atoms. The van der Waals surface area contributed by atoms with E-state index in [-0.39, 0.29) is 5.12 Å². The lowest BCUT2D eigenvalue weighted by Gasteiger charge is -2.04. The average Bonchev–Trinajstić information content (AvgIpc) is 2.16. The zero-order valence-corrected chi connectivity index (χ0v) is 8.19. The minimum absolute atomic E-state index is 0.287. The summed E-state index contributed by atoms with van der Waals surface area (Å²) in [6, 6.07) is 0. The van der Waals surface area contributed by atoms with Gasteiger partial charge in [0.1, 0.15) is 0 Å². The number of rotatable bonds is 3. The molecule has 0 unspecified atom stereocenters. The molecule has 0 aromatic carbocycles. The SMILES string of the molecule is CSC(=O)CCC1=CCCC=C1. The lowest BCUT2D eigenvalue weighted by molar-refractivity contribution is -0.110. The highest BCUT2D eigenvalue weighted by Gasteiger charge is 2.01. The quantitative estimate of drug-likeness (QED) is 0.667. The van der Waals surface area contributed by atoms with Gasteiger partial charge >= 0.3 is 0 Å². The summed E-state index contributed by atoms with van der Waals surface area (Å²) < 4.78 is 0. The zero-order valence-electron chi connectivity index (χ0n) is 7.38. The molecule has 0 N–H and O–H groups in total. The number of carbonyl (C=O) groups is 1. The van der Waals surface area contributed by atoms with Crippen LogP contribution in [0.2, 0.25) is 0 Å². The summed E-state index contributed by atoms with van der Waals surface area (Å²) in [4.78, 5) is 11.0. The first-order valence-corrected chi connectivity index (χ1v) is 5.48. The van der Waals surface area contributed by atoms with E-state index in [4.69, 9.17) is 0 Å². The number of hydrogen-bond acceptors (Lipinski definition) is 2. The number of hydrogen-bond donors (Lipinski definition) is 0. The Balaban J connectivity index is 2.27. The van der Waals surface area contributed by atoms with Crippen LogP contribution < -0.4 is 0 Å². The van der Waals surface area contributed by atoms with Crippen molar-refractivity contribution in [3.63, 3.8) is 0 Å². The number of allylic oxidation sites excluding steroid dienone is 4. The van der Waals surface area contributed by atoms with E-state index in [1.807, 2.05) is 6.26 Å². The van der Waals surface area contributed by atoms with E-state index in [0.717, 1.165) is 19.3 Å². The van der Waals surface area contributed by atoms with Gasteiger partial charge in [0.05, 0.1) is 0 Å². The Hall–Kier alpha value is -0.500. The van der Waals surface area contributed by atoms with E-state index in [1.54, 1.807) is 0 Å². The van der Waals surface area contributed by atoms with Crippen molar-refractivity contribution in [2.75, 3.05) is 6.26 Å². The third kappa shape index (κ3) is 3.26. The molecule has 1 aliphatic rings. The topological polar surface area (TPSA) is 17.1 Å². The molecule has 0 heterocycles. The van der Waals surface area contributed by atoms with Crippen molar-refractivity contribution in [1.29, 1.82) is 0 Å². The van der Waals surface area contributed by atoms with Crippen molar-refractivity contribution >= 4 is 16.9 Å². The van der Waals surface area contributed by atoms with Crippen LogP contribution >= 0.6 is 11.8 Å². The van der Waals surface area contributed by atoms with Gasteiger partial charge in [0.15, 0.2) is 5.12 Å². The molecule has 0 radical (unpaired) electrons. The van der Waals surface area contributed by atoms with Crippen LogP contribution in [0.4, 0.5) is 0 Å². The van der Waals surface area contributed by atoms with Crippen LogP contribution in [0.25, 0.3) is 0 Å². The first kappa shape index (κ1) is 9.59. The molecule has 0 bridgehead atoms. The monoisotopic (exact) mass is 182 g/mol. The number of thioether (sulfide) groups is 1. The maximum atomic E-state index is 11.0. The van der Waals surface area contributed by atoms with Gasteiger partial charge in [0, 0.05) is 6.42 Å². The summed E-state index contributed by atoms with van der Waals surface area (Å²) in [5, 5.41) is 0.287. The fourth-order valence-corrected chi connectivity index (χ4v) is 1.51. The fraction of sp³-hybridized carbons (Fsp3) is 0.500.